The van der Waals surface area contributed by atoms with Crippen molar-refractivity contribution in [3.05, 3.63) is 60.2 Å². The van der Waals surface area contributed by atoms with Gasteiger partial charge in [0, 0.05) is 11.8 Å². The van der Waals surface area contributed by atoms with Gasteiger partial charge in [-0.05, 0) is 30.5 Å². The fourth-order valence-corrected chi connectivity index (χ4v) is 2.08. The Kier molecular flexibility index (Phi) is 5.98. The molecular formula is C18H22N2O2. The number of carbonyl (C=O) groups excluding carboxylic acids is 1. The maximum atomic E-state index is 12.2. The van der Waals surface area contributed by atoms with Gasteiger partial charge in [0.2, 0.25) is 5.91 Å². The molecule has 2 aromatic carbocycles. The molecule has 0 spiro atoms. The van der Waals surface area contributed by atoms with Crippen LogP contribution in [0.4, 0.5) is 5.69 Å². The largest absolute Gasteiger partial charge is 0.494 e. The molecule has 0 heterocycles. The summed E-state index contributed by atoms with van der Waals surface area (Å²) in [5.74, 6) is 0.549. The quantitative estimate of drug-likeness (QED) is 0.826. The molecule has 4 nitrogen and oxygen atoms in total. The smallest absolute Gasteiger partial charge is 0.241 e. The van der Waals surface area contributed by atoms with Gasteiger partial charge in [-0.25, -0.2) is 0 Å². The first kappa shape index (κ1) is 16.0. The number of benzene rings is 2. The predicted molar refractivity (Wildman–Crippen MR) is 89.0 cm³/mol. The fraction of sp³-hybridized carbons (Fsp3) is 0.278. The topological polar surface area (TPSA) is 64.3 Å². The van der Waals surface area contributed by atoms with Gasteiger partial charge in [0.05, 0.1) is 12.6 Å². The summed E-state index contributed by atoms with van der Waals surface area (Å²) in [5, 5.41) is 2.83. The van der Waals surface area contributed by atoms with Crippen molar-refractivity contribution in [3.63, 3.8) is 0 Å². The van der Waals surface area contributed by atoms with E-state index >= 15 is 0 Å². The molecule has 3 N–H and O–H groups in total. The van der Waals surface area contributed by atoms with Crippen molar-refractivity contribution >= 4 is 11.6 Å². The molecule has 0 bridgehead atoms. The lowest BCUT2D eigenvalue weighted by Gasteiger charge is -2.13. The molecule has 0 aliphatic carbocycles. The van der Waals surface area contributed by atoms with Gasteiger partial charge in [0.15, 0.2) is 0 Å². The molecule has 0 saturated carbocycles. The summed E-state index contributed by atoms with van der Waals surface area (Å²) >= 11 is 0. The number of hydrogen-bond acceptors (Lipinski definition) is 3. The Morgan fingerprint density at radius 1 is 1.18 bits per heavy atom. The number of carbonyl (C=O) groups is 1. The van der Waals surface area contributed by atoms with Crippen LogP contribution < -0.4 is 15.8 Å². The summed E-state index contributed by atoms with van der Waals surface area (Å²) in [7, 11) is 0. The average Bonchev–Trinajstić information content (AvgIpc) is 2.54. The molecular weight excluding hydrogens is 276 g/mol. The van der Waals surface area contributed by atoms with Crippen molar-refractivity contribution in [2.75, 3.05) is 11.9 Å². The number of nitrogens with one attached hydrogen (secondary N) is 1. The highest BCUT2D eigenvalue weighted by molar-refractivity contribution is 5.95. The van der Waals surface area contributed by atoms with Crippen molar-refractivity contribution in [2.24, 2.45) is 5.73 Å². The second-order valence-corrected chi connectivity index (χ2v) is 5.16. The van der Waals surface area contributed by atoms with E-state index < -0.39 is 6.04 Å². The highest BCUT2D eigenvalue weighted by Crippen LogP contribution is 2.17. The van der Waals surface area contributed by atoms with Gasteiger partial charge in [0.25, 0.3) is 0 Å². The molecule has 22 heavy (non-hydrogen) atoms. The highest BCUT2D eigenvalue weighted by atomic mass is 16.5. The molecule has 2 rings (SSSR count). The Labute approximate surface area is 131 Å². The van der Waals surface area contributed by atoms with Gasteiger partial charge in [-0.2, -0.15) is 0 Å². The Morgan fingerprint density at radius 2 is 1.95 bits per heavy atom. The number of ether oxygens (including phenoxy) is 1. The Balaban J connectivity index is 1.93. The highest BCUT2D eigenvalue weighted by Gasteiger charge is 2.14. The van der Waals surface area contributed by atoms with Crippen LogP contribution in [0, 0.1) is 0 Å². The van der Waals surface area contributed by atoms with E-state index in [1.165, 1.54) is 0 Å². The molecule has 0 fully saturated rings. The van der Waals surface area contributed by atoms with E-state index in [9.17, 15) is 4.79 Å². The predicted octanol–water partition coefficient (Wildman–Crippen LogP) is 2.98. The number of hydrogen-bond donors (Lipinski definition) is 2. The molecule has 0 aliphatic heterocycles. The molecule has 2 aromatic rings. The minimum absolute atomic E-state index is 0.198. The van der Waals surface area contributed by atoms with E-state index in [1.54, 1.807) is 0 Å². The summed E-state index contributed by atoms with van der Waals surface area (Å²) in [6, 6.07) is 16.5. The minimum atomic E-state index is -0.581. The van der Waals surface area contributed by atoms with Gasteiger partial charge >= 0.3 is 0 Å². The van der Waals surface area contributed by atoms with Crippen molar-refractivity contribution < 1.29 is 9.53 Å². The third-order valence-corrected chi connectivity index (χ3v) is 3.21. The van der Waals surface area contributed by atoms with Gasteiger partial charge in [-0.1, -0.05) is 43.3 Å². The van der Waals surface area contributed by atoms with Crippen molar-refractivity contribution in [1.82, 2.24) is 0 Å². The normalized spacial score (nSPS) is 11.7. The summed E-state index contributed by atoms with van der Waals surface area (Å²) < 4.78 is 5.55. The molecule has 0 saturated heterocycles. The molecule has 4 heteroatoms. The molecule has 0 unspecified atom stereocenters. The second kappa shape index (κ2) is 8.20. The van der Waals surface area contributed by atoms with Crippen LogP contribution in [0.3, 0.4) is 0 Å². The first-order valence-electron chi connectivity index (χ1n) is 7.52. The van der Waals surface area contributed by atoms with Crippen LogP contribution in [0.1, 0.15) is 18.9 Å². The lowest BCUT2D eigenvalue weighted by Crippen LogP contribution is -2.37. The number of nitrogens with two attached hydrogens (primary N) is 1. The van der Waals surface area contributed by atoms with Gasteiger partial charge in [0.1, 0.15) is 5.75 Å². The van der Waals surface area contributed by atoms with Crippen LogP contribution in [0.25, 0.3) is 0 Å². The SMILES string of the molecule is CCCOc1cccc(NC(=O)[C@@H](N)Cc2ccccc2)c1. The zero-order valence-corrected chi connectivity index (χ0v) is 12.8. The monoisotopic (exact) mass is 298 g/mol. The number of amides is 1. The fourth-order valence-electron chi connectivity index (χ4n) is 2.08. The standard InChI is InChI=1S/C18H22N2O2/c1-2-11-22-16-10-6-9-15(13-16)20-18(21)17(19)12-14-7-4-3-5-8-14/h3-10,13,17H,2,11-12,19H2,1H3,(H,20,21)/t17-/m0/s1. The Bertz CT molecular complexity index is 599. The first-order chi connectivity index (χ1) is 10.7. The van der Waals surface area contributed by atoms with E-state index in [2.05, 4.69) is 5.32 Å². The first-order valence-corrected chi connectivity index (χ1v) is 7.52. The van der Waals surface area contributed by atoms with Crippen LogP contribution in [0.5, 0.6) is 5.75 Å². The zero-order valence-electron chi connectivity index (χ0n) is 12.8. The van der Waals surface area contributed by atoms with Gasteiger partial charge in [-0.15, -0.1) is 0 Å². The van der Waals surface area contributed by atoms with Crippen LogP contribution in [-0.4, -0.2) is 18.6 Å². The summed E-state index contributed by atoms with van der Waals surface area (Å²) in [6.45, 7) is 2.71. The third-order valence-electron chi connectivity index (χ3n) is 3.21. The Morgan fingerprint density at radius 3 is 2.68 bits per heavy atom. The van der Waals surface area contributed by atoms with Crippen LogP contribution in [-0.2, 0) is 11.2 Å². The zero-order chi connectivity index (χ0) is 15.8. The number of anilines is 1. The minimum Gasteiger partial charge on any atom is -0.494 e. The summed E-state index contributed by atoms with van der Waals surface area (Å²) in [5.41, 5.74) is 7.71. The van der Waals surface area contributed by atoms with E-state index in [4.69, 9.17) is 10.5 Å². The number of rotatable bonds is 7. The van der Waals surface area contributed by atoms with Gasteiger partial charge in [-0.3, -0.25) is 4.79 Å². The van der Waals surface area contributed by atoms with Crippen molar-refractivity contribution in [3.8, 4) is 5.75 Å². The van der Waals surface area contributed by atoms with E-state index in [0.717, 1.165) is 17.7 Å². The van der Waals surface area contributed by atoms with E-state index in [1.807, 2.05) is 61.5 Å². The molecule has 0 aromatic heterocycles. The average molecular weight is 298 g/mol. The lowest BCUT2D eigenvalue weighted by molar-refractivity contribution is -0.117. The van der Waals surface area contributed by atoms with E-state index in [-0.39, 0.29) is 5.91 Å². The maximum absolute atomic E-state index is 12.2. The summed E-state index contributed by atoms with van der Waals surface area (Å²) in [4.78, 5) is 12.2. The molecule has 1 amide bonds. The van der Waals surface area contributed by atoms with Crippen LogP contribution >= 0.6 is 0 Å². The molecule has 0 radical (unpaired) electrons. The van der Waals surface area contributed by atoms with Crippen molar-refractivity contribution in [2.45, 2.75) is 25.8 Å². The van der Waals surface area contributed by atoms with Crippen LogP contribution in [0.15, 0.2) is 54.6 Å². The maximum Gasteiger partial charge on any atom is 0.241 e. The molecule has 1 atom stereocenters. The van der Waals surface area contributed by atoms with Crippen molar-refractivity contribution in [1.29, 1.82) is 0 Å². The Hall–Kier alpha value is -2.33. The molecule has 0 aliphatic rings. The molecule has 116 valence electrons. The second-order valence-electron chi connectivity index (χ2n) is 5.16. The van der Waals surface area contributed by atoms with Gasteiger partial charge < -0.3 is 15.8 Å². The lowest BCUT2D eigenvalue weighted by atomic mass is 10.1. The third kappa shape index (κ3) is 4.90. The summed E-state index contributed by atoms with van der Waals surface area (Å²) in [6.07, 6.45) is 1.46. The van der Waals surface area contributed by atoms with Crippen LogP contribution in [0.2, 0.25) is 0 Å². The van der Waals surface area contributed by atoms with E-state index in [0.29, 0.717) is 18.7 Å².